The van der Waals surface area contributed by atoms with Gasteiger partial charge in [-0.05, 0) is 36.5 Å². The summed E-state index contributed by atoms with van der Waals surface area (Å²) in [5.74, 6) is -3.71. The molecule has 9 heteroatoms. The quantitative estimate of drug-likeness (QED) is 0.693. The normalized spacial score (nSPS) is 15.3. The SMILES string of the molecule is O=C(CC(NC(=O)C(F)(F)F)C1CC1)NCc1ccc(C(=O)O)cc1. The Morgan fingerprint density at radius 2 is 1.76 bits per heavy atom. The van der Waals surface area contributed by atoms with E-state index in [1.807, 2.05) is 5.32 Å². The number of nitrogens with one attached hydrogen (secondary N) is 2. The van der Waals surface area contributed by atoms with Crippen LogP contribution >= 0.6 is 0 Å². The van der Waals surface area contributed by atoms with Crippen molar-refractivity contribution in [1.29, 1.82) is 0 Å². The third-order valence-corrected chi connectivity index (χ3v) is 3.86. The molecule has 0 heterocycles. The number of rotatable bonds is 7. The molecule has 6 nitrogen and oxygen atoms in total. The molecule has 0 saturated heterocycles. The van der Waals surface area contributed by atoms with Crippen LogP contribution < -0.4 is 10.6 Å². The van der Waals surface area contributed by atoms with E-state index in [1.54, 1.807) is 0 Å². The lowest BCUT2D eigenvalue weighted by Gasteiger charge is -2.19. The van der Waals surface area contributed by atoms with Crippen molar-refractivity contribution in [2.75, 3.05) is 0 Å². The van der Waals surface area contributed by atoms with E-state index in [0.29, 0.717) is 18.4 Å². The van der Waals surface area contributed by atoms with Crippen LogP contribution in [0.2, 0.25) is 0 Å². The lowest BCUT2D eigenvalue weighted by Crippen LogP contribution is -2.46. The van der Waals surface area contributed by atoms with Crippen LogP contribution in [0.25, 0.3) is 0 Å². The topological polar surface area (TPSA) is 95.5 Å². The summed E-state index contributed by atoms with van der Waals surface area (Å²) in [4.78, 5) is 33.7. The zero-order chi connectivity index (χ0) is 18.6. The molecule has 1 aromatic carbocycles. The second kappa shape index (κ2) is 7.54. The van der Waals surface area contributed by atoms with Crippen molar-refractivity contribution in [3.05, 3.63) is 35.4 Å². The van der Waals surface area contributed by atoms with Gasteiger partial charge < -0.3 is 15.7 Å². The average Bonchev–Trinajstić information content (AvgIpc) is 3.36. The maximum absolute atomic E-state index is 12.3. The monoisotopic (exact) mass is 358 g/mol. The Kier molecular flexibility index (Phi) is 5.66. The third-order valence-electron chi connectivity index (χ3n) is 3.86. The van der Waals surface area contributed by atoms with E-state index in [1.165, 1.54) is 24.3 Å². The first kappa shape index (κ1) is 18.8. The summed E-state index contributed by atoms with van der Waals surface area (Å²) in [7, 11) is 0. The molecular weight excluding hydrogens is 341 g/mol. The molecule has 136 valence electrons. The Morgan fingerprint density at radius 1 is 1.16 bits per heavy atom. The van der Waals surface area contributed by atoms with Gasteiger partial charge in [-0.15, -0.1) is 0 Å². The number of aromatic carboxylic acids is 1. The summed E-state index contributed by atoms with van der Waals surface area (Å²) in [6.45, 7) is 0.114. The summed E-state index contributed by atoms with van der Waals surface area (Å²) in [5, 5.41) is 13.2. The number of carboxylic acids is 1. The van der Waals surface area contributed by atoms with Gasteiger partial charge in [0.2, 0.25) is 5.91 Å². The number of alkyl halides is 3. The Labute approximate surface area is 141 Å². The Bertz CT molecular complexity index is 654. The minimum atomic E-state index is -4.98. The highest BCUT2D eigenvalue weighted by Crippen LogP contribution is 2.34. The van der Waals surface area contributed by atoms with E-state index >= 15 is 0 Å². The molecule has 1 fully saturated rings. The van der Waals surface area contributed by atoms with Crippen LogP contribution in [0.15, 0.2) is 24.3 Å². The highest BCUT2D eigenvalue weighted by atomic mass is 19.4. The first-order valence-corrected chi connectivity index (χ1v) is 7.63. The molecule has 1 atom stereocenters. The zero-order valence-electron chi connectivity index (χ0n) is 13.1. The fourth-order valence-electron chi connectivity index (χ4n) is 2.32. The fourth-order valence-corrected chi connectivity index (χ4v) is 2.32. The molecular formula is C16H17F3N2O4. The van der Waals surface area contributed by atoms with E-state index in [9.17, 15) is 27.6 Å². The number of carboxylic acid groups (broad SMARTS) is 1. The van der Waals surface area contributed by atoms with Crippen molar-refractivity contribution >= 4 is 17.8 Å². The predicted octanol–water partition coefficient (Wildman–Crippen LogP) is 1.85. The molecule has 3 N–H and O–H groups in total. The van der Waals surface area contributed by atoms with Crippen LogP contribution in [0.4, 0.5) is 13.2 Å². The van der Waals surface area contributed by atoms with Crippen LogP contribution in [0.1, 0.15) is 35.2 Å². The van der Waals surface area contributed by atoms with Crippen LogP contribution in [0.3, 0.4) is 0 Å². The number of halogens is 3. The van der Waals surface area contributed by atoms with Gasteiger partial charge in [-0.1, -0.05) is 12.1 Å². The summed E-state index contributed by atoms with van der Waals surface area (Å²) >= 11 is 0. The summed E-state index contributed by atoms with van der Waals surface area (Å²) in [6.07, 6.45) is -3.87. The fraction of sp³-hybridized carbons (Fsp3) is 0.438. The van der Waals surface area contributed by atoms with Crippen LogP contribution in [-0.4, -0.2) is 35.1 Å². The number of carbonyl (C=O) groups is 3. The van der Waals surface area contributed by atoms with E-state index in [-0.39, 0.29) is 24.4 Å². The first-order chi connectivity index (χ1) is 11.7. The maximum atomic E-state index is 12.3. The van der Waals surface area contributed by atoms with Gasteiger partial charge in [-0.2, -0.15) is 13.2 Å². The lowest BCUT2D eigenvalue weighted by molar-refractivity contribution is -0.174. The molecule has 0 aromatic heterocycles. The van der Waals surface area contributed by atoms with E-state index in [4.69, 9.17) is 5.11 Å². The van der Waals surface area contributed by atoms with Crippen molar-refractivity contribution in [3.63, 3.8) is 0 Å². The molecule has 1 unspecified atom stereocenters. The van der Waals surface area contributed by atoms with Crippen LogP contribution in [0.5, 0.6) is 0 Å². The molecule has 0 radical (unpaired) electrons. The van der Waals surface area contributed by atoms with Gasteiger partial charge in [0.05, 0.1) is 5.56 Å². The van der Waals surface area contributed by atoms with Gasteiger partial charge in [0.25, 0.3) is 0 Å². The van der Waals surface area contributed by atoms with Gasteiger partial charge >= 0.3 is 18.1 Å². The summed E-state index contributed by atoms with van der Waals surface area (Å²) in [5.41, 5.74) is 0.763. The highest BCUT2D eigenvalue weighted by molar-refractivity contribution is 5.87. The highest BCUT2D eigenvalue weighted by Gasteiger charge is 2.42. The second-order valence-electron chi connectivity index (χ2n) is 5.90. The van der Waals surface area contributed by atoms with E-state index < -0.39 is 30.0 Å². The lowest BCUT2D eigenvalue weighted by atomic mass is 10.1. The Hall–Kier alpha value is -2.58. The van der Waals surface area contributed by atoms with Gasteiger partial charge in [0.15, 0.2) is 0 Å². The number of hydrogen-bond acceptors (Lipinski definition) is 3. The smallest absolute Gasteiger partial charge is 0.471 e. The molecule has 1 aliphatic carbocycles. The minimum absolute atomic E-state index is 0.110. The number of benzene rings is 1. The van der Waals surface area contributed by atoms with Gasteiger partial charge in [0, 0.05) is 19.0 Å². The largest absolute Gasteiger partial charge is 0.478 e. The Balaban J connectivity index is 1.85. The van der Waals surface area contributed by atoms with Crippen molar-refractivity contribution in [2.45, 2.75) is 38.0 Å². The summed E-state index contributed by atoms with van der Waals surface area (Å²) < 4.78 is 37.0. The molecule has 2 amide bonds. The zero-order valence-corrected chi connectivity index (χ0v) is 13.1. The first-order valence-electron chi connectivity index (χ1n) is 7.63. The van der Waals surface area contributed by atoms with Gasteiger partial charge in [-0.25, -0.2) is 4.79 Å². The average molecular weight is 358 g/mol. The minimum Gasteiger partial charge on any atom is -0.478 e. The van der Waals surface area contributed by atoms with Crippen molar-refractivity contribution in [1.82, 2.24) is 10.6 Å². The van der Waals surface area contributed by atoms with Crippen molar-refractivity contribution < 1.29 is 32.7 Å². The standard InChI is InChI=1S/C16H17F3N2O4/c17-16(18,19)15(25)21-12(10-5-6-10)7-13(22)20-8-9-1-3-11(4-2-9)14(23)24/h1-4,10,12H,5-8H2,(H,20,22)(H,21,25)(H,23,24). The molecule has 0 aliphatic heterocycles. The van der Waals surface area contributed by atoms with E-state index in [0.717, 1.165) is 0 Å². The number of amides is 2. The molecule has 1 aliphatic rings. The van der Waals surface area contributed by atoms with Crippen LogP contribution in [0, 0.1) is 5.92 Å². The van der Waals surface area contributed by atoms with Crippen molar-refractivity contribution in [2.24, 2.45) is 5.92 Å². The predicted molar refractivity (Wildman–Crippen MR) is 80.6 cm³/mol. The van der Waals surface area contributed by atoms with Crippen molar-refractivity contribution in [3.8, 4) is 0 Å². The van der Waals surface area contributed by atoms with E-state index in [2.05, 4.69) is 5.32 Å². The molecule has 25 heavy (non-hydrogen) atoms. The number of hydrogen-bond donors (Lipinski definition) is 3. The molecule has 1 saturated carbocycles. The maximum Gasteiger partial charge on any atom is 0.471 e. The third kappa shape index (κ3) is 5.77. The summed E-state index contributed by atoms with van der Waals surface area (Å²) in [6, 6.07) is 5.01. The van der Waals surface area contributed by atoms with Crippen LogP contribution in [-0.2, 0) is 16.1 Å². The molecule has 0 bridgehead atoms. The van der Waals surface area contributed by atoms with Gasteiger partial charge in [-0.3, -0.25) is 9.59 Å². The second-order valence-corrected chi connectivity index (χ2v) is 5.90. The molecule has 1 aromatic rings. The molecule has 2 rings (SSSR count). The Morgan fingerprint density at radius 3 is 2.24 bits per heavy atom. The van der Waals surface area contributed by atoms with Gasteiger partial charge in [0.1, 0.15) is 0 Å². The number of carbonyl (C=O) groups excluding carboxylic acids is 2. The molecule has 0 spiro atoms.